The van der Waals surface area contributed by atoms with Crippen molar-refractivity contribution in [3.8, 4) is 5.75 Å². The lowest BCUT2D eigenvalue weighted by molar-refractivity contribution is -0.123. The van der Waals surface area contributed by atoms with Gasteiger partial charge in [-0.1, -0.05) is 32.9 Å². The number of β-amino-alcohol motifs (C(OH)–C–C–N with tert-alkyl or cyclic N) is 1. The molecule has 5 nitrogen and oxygen atoms in total. The summed E-state index contributed by atoms with van der Waals surface area (Å²) in [6, 6.07) is 7.76. The molecule has 0 aliphatic carbocycles. The van der Waals surface area contributed by atoms with Gasteiger partial charge in [-0.15, -0.1) is 0 Å². The number of aliphatic hydroxyl groups is 1. The molecular formula is C17H26N2O3. The van der Waals surface area contributed by atoms with Crippen molar-refractivity contribution in [2.24, 2.45) is 0 Å². The highest BCUT2D eigenvalue weighted by Crippen LogP contribution is 2.24. The maximum atomic E-state index is 11.8. The Morgan fingerprint density at radius 2 is 2.05 bits per heavy atom. The lowest BCUT2D eigenvalue weighted by Crippen LogP contribution is -2.41. The highest BCUT2D eigenvalue weighted by molar-refractivity contribution is 5.82. The second kappa shape index (κ2) is 7.11. The molecule has 1 aliphatic rings. The predicted molar refractivity (Wildman–Crippen MR) is 86.1 cm³/mol. The molecule has 3 N–H and O–H groups in total. The summed E-state index contributed by atoms with van der Waals surface area (Å²) in [7, 11) is 0. The van der Waals surface area contributed by atoms with E-state index in [9.17, 15) is 9.90 Å². The van der Waals surface area contributed by atoms with Crippen LogP contribution in [0.5, 0.6) is 5.75 Å². The van der Waals surface area contributed by atoms with E-state index in [1.54, 1.807) is 0 Å². The zero-order chi connectivity index (χ0) is 16.2. The van der Waals surface area contributed by atoms with E-state index >= 15 is 0 Å². The largest absolute Gasteiger partial charge is 0.492 e. The molecule has 122 valence electrons. The zero-order valence-corrected chi connectivity index (χ0v) is 13.6. The topological polar surface area (TPSA) is 70.6 Å². The van der Waals surface area contributed by atoms with Crippen molar-refractivity contribution >= 4 is 5.91 Å². The monoisotopic (exact) mass is 306 g/mol. The standard InChI is InChI=1S/C17H26N2O3/c1-17(2,3)12-4-6-14(7-5-12)22-9-8-18-16(21)15-10-13(20)11-19-15/h4-7,13,15,19-20H,8-11H2,1-3H3,(H,18,21)/t13-,15+/m1/s1. The fraction of sp³-hybridized carbons (Fsp3) is 0.588. The SMILES string of the molecule is CC(C)(C)c1ccc(OCCNC(=O)[C@@H]2C[C@@H](O)CN2)cc1. The van der Waals surface area contributed by atoms with Crippen LogP contribution in [-0.4, -0.2) is 42.9 Å². The maximum Gasteiger partial charge on any atom is 0.237 e. The molecule has 2 rings (SSSR count). The molecule has 1 aromatic rings. The van der Waals surface area contributed by atoms with E-state index in [2.05, 4.69) is 43.5 Å². The van der Waals surface area contributed by atoms with Crippen LogP contribution in [0.15, 0.2) is 24.3 Å². The number of carbonyl (C=O) groups excluding carboxylic acids is 1. The van der Waals surface area contributed by atoms with Crippen LogP contribution >= 0.6 is 0 Å². The number of aliphatic hydroxyl groups excluding tert-OH is 1. The van der Waals surface area contributed by atoms with E-state index in [1.807, 2.05) is 12.1 Å². The highest BCUT2D eigenvalue weighted by Gasteiger charge is 2.27. The fourth-order valence-electron chi connectivity index (χ4n) is 2.43. The van der Waals surface area contributed by atoms with Crippen molar-refractivity contribution in [1.29, 1.82) is 0 Å². The number of nitrogens with one attached hydrogen (secondary N) is 2. The van der Waals surface area contributed by atoms with Crippen LogP contribution in [0.4, 0.5) is 0 Å². The third kappa shape index (κ3) is 4.71. The van der Waals surface area contributed by atoms with Crippen LogP contribution in [0.3, 0.4) is 0 Å². The summed E-state index contributed by atoms with van der Waals surface area (Å²) in [5.41, 5.74) is 1.39. The first kappa shape index (κ1) is 16.8. The molecule has 1 amide bonds. The van der Waals surface area contributed by atoms with Crippen LogP contribution in [0.1, 0.15) is 32.8 Å². The van der Waals surface area contributed by atoms with E-state index in [1.165, 1.54) is 5.56 Å². The fourth-order valence-corrected chi connectivity index (χ4v) is 2.43. The van der Waals surface area contributed by atoms with Gasteiger partial charge in [0.05, 0.1) is 18.7 Å². The average molecular weight is 306 g/mol. The van der Waals surface area contributed by atoms with Crippen molar-refractivity contribution in [2.45, 2.75) is 44.8 Å². The van der Waals surface area contributed by atoms with Crippen molar-refractivity contribution in [3.63, 3.8) is 0 Å². The molecule has 0 unspecified atom stereocenters. The maximum absolute atomic E-state index is 11.8. The Bertz CT molecular complexity index is 494. The summed E-state index contributed by atoms with van der Waals surface area (Å²) >= 11 is 0. The summed E-state index contributed by atoms with van der Waals surface area (Å²) in [5, 5.41) is 15.2. The zero-order valence-electron chi connectivity index (χ0n) is 13.6. The van der Waals surface area contributed by atoms with Gasteiger partial charge < -0.3 is 20.5 Å². The third-order valence-corrected chi connectivity index (χ3v) is 3.81. The summed E-state index contributed by atoms with van der Waals surface area (Å²) in [4.78, 5) is 11.8. The quantitative estimate of drug-likeness (QED) is 0.715. The van der Waals surface area contributed by atoms with Crippen LogP contribution in [0.25, 0.3) is 0 Å². The predicted octanol–water partition coefficient (Wildman–Crippen LogP) is 1.20. The van der Waals surface area contributed by atoms with Crippen molar-refractivity contribution in [1.82, 2.24) is 10.6 Å². The number of carbonyl (C=O) groups is 1. The lowest BCUT2D eigenvalue weighted by Gasteiger charge is -2.19. The smallest absolute Gasteiger partial charge is 0.237 e. The van der Waals surface area contributed by atoms with E-state index in [0.29, 0.717) is 26.1 Å². The number of rotatable bonds is 5. The van der Waals surface area contributed by atoms with Gasteiger partial charge in [0, 0.05) is 6.54 Å². The van der Waals surface area contributed by atoms with Crippen LogP contribution in [-0.2, 0) is 10.2 Å². The van der Waals surface area contributed by atoms with Gasteiger partial charge in [0.25, 0.3) is 0 Å². The molecule has 1 aliphatic heterocycles. The summed E-state index contributed by atoms with van der Waals surface area (Å²) in [5.74, 6) is 0.722. The van der Waals surface area contributed by atoms with Crippen molar-refractivity contribution in [2.75, 3.05) is 19.7 Å². The third-order valence-electron chi connectivity index (χ3n) is 3.81. The second-order valence-electron chi connectivity index (χ2n) is 6.76. The summed E-state index contributed by atoms with van der Waals surface area (Å²) < 4.78 is 5.62. The van der Waals surface area contributed by atoms with Gasteiger partial charge >= 0.3 is 0 Å². The number of ether oxygens (including phenoxy) is 1. The molecule has 2 atom stereocenters. The van der Waals surface area contributed by atoms with Crippen LogP contribution in [0.2, 0.25) is 0 Å². The van der Waals surface area contributed by atoms with Gasteiger partial charge in [0.2, 0.25) is 5.91 Å². The van der Waals surface area contributed by atoms with Crippen molar-refractivity contribution in [3.05, 3.63) is 29.8 Å². The van der Waals surface area contributed by atoms with E-state index < -0.39 is 6.10 Å². The Labute approximate surface area is 132 Å². The first-order valence-electron chi connectivity index (χ1n) is 7.79. The molecule has 1 heterocycles. The van der Waals surface area contributed by atoms with Gasteiger partial charge in [-0.2, -0.15) is 0 Å². The Kier molecular flexibility index (Phi) is 5.42. The first-order valence-corrected chi connectivity index (χ1v) is 7.79. The molecular weight excluding hydrogens is 280 g/mol. The van der Waals surface area contributed by atoms with Gasteiger partial charge in [-0.25, -0.2) is 0 Å². The van der Waals surface area contributed by atoms with Gasteiger partial charge in [-0.3, -0.25) is 4.79 Å². The molecule has 1 saturated heterocycles. The number of amides is 1. The molecule has 1 aromatic carbocycles. The number of hydrogen-bond donors (Lipinski definition) is 3. The Morgan fingerprint density at radius 3 is 2.59 bits per heavy atom. The van der Waals surface area contributed by atoms with Crippen molar-refractivity contribution < 1.29 is 14.6 Å². The molecule has 0 saturated carbocycles. The highest BCUT2D eigenvalue weighted by atomic mass is 16.5. The minimum atomic E-state index is -0.423. The number of hydrogen-bond acceptors (Lipinski definition) is 4. The Balaban J connectivity index is 1.69. The van der Waals surface area contributed by atoms with Gasteiger partial charge in [0.15, 0.2) is 0 Å². The Morgan fingerprint density at radius 1 is 1.36 bits per heavy atom. The van der Waals surface area contributed by atoms with E-state index in [4.69, 9.17) is 4.74 Å². The summed E-state index contributed by atoms with van der Waals surface area (Å²) in [6.07, 6.45) is 0.0503. The normalized spacial score (nSPS) is 21.6. The number of benzene rings is 1. The molecule has 1 fully saturated rings. The van der Waals surface area contributed by atoms with Crippen LogP contribution in [0, 0.1) is 0 Å². The lowest BCUT2D eigenvalue weighted by atomic mass is 9.87. The first-order chi connectivity index (χ1) is 10.4. The minimum Gasteiger partial charge on any atom is -0.492 e. The summed E-state index contributed by atoms with van der Waals surface area (Å²) in [6.45, 7) is 7.88. The molecule has 0 spiro atoms. The van der Waals surface area contributed by atoms with Gasteiger partial charge in [-0.05, 0) is 29.5 Å². The van der Waals surface area contributed by atoms with Crippen LogP contribution < -0.4 is 15.4 Å². The molecule has 0 radical (unpaired) electrons. The Hall–Kier alpha value is -1.59. The van der Waals surface area contributed by atoms with E-state index in [0.717, 1.165) is 5.75 Å². The molecule has 0 aromatic heterocycles. The second-order valence-corrected chi connectivity index (χ2v) is 6.76. The van der Waals surface area contributed by atoms with E-state index in [-0.39, 0.29) is 17.4 Å². The minimum absolute atomic E-state index is 0.0803. The molecule has 22 heavy (non-hydrogen) atoms. The van der Waals surface area contributed by atoms with Gasteiger partial charge in [0.1, 0.15) is 12.4 Å². The average Bonchev–Trinajstić information content (AvgIpc) is 2.89. The molecule has 5 heteroatoms. The molecule has 0 bridgehead atoms.